The van der Waals surface area contributed by atoms with Gasteiger partial charge in [0, 0.05) is 18.0 Å². The average Bonchev–Trinajstić information content (AvgIpc) is 2.23. The molecule has 1 aromatic rings. The lowest BCUT2D eigenvalue weighted by molar-refractivity contribution is -0.137. The molecule has 0 aliphatic carbocycles. The number of hydrogen-bond donors (Lipinski definition) is 2. The Hall–Kier alpha value is -0.820. The molecule has 0 bridgehead atoms. The van der Waals surface area contributed by atoms with Gasteiger partial charge in [0.1, 0.15) is 4.90 Å². The largest absolute Gasteiger partial charge is 0.481 e. The number of carboxylic acid groups (broad SMARTS) is 1. The van der Waals surface area contributed by atoms with Crippen LogP contribution in [0.1, 0.15) is 12.8 Å². The summed E-state index contributed by atoms with van der Waals surface area (Å²) in [5.41, 5.74) is 0. The van der Waals surface area contributed by atoms with Crippen LogP contribution in [0.5, 0.6) is 0 Å². The Balaban J connectivity index is 2.71. The van der Waals surface area contributed by atoms with Crippen molar-refractivity contribution >= 4 is 39.2 Å². The Labute approximate surface area is 115 Å². The summed E-state index contributed by atoms with van der Waals surface area (Å²) in [4.78, 5) is 10.2. The van der Waals surface area contributed by atoms with E-state index in [2.05, 4.69) is 4.72 Å². The molecule has 0 amide bonds. The van der Waals surface area contributed by atoms with Crippen molar-refractivity contribution in [1.82, 2.24) is 4.72 Å². The Morgan fingerprint density at radius 2 is 2.00 bits per heavy atom. The van der Waals surface area contributed by atoms with Crippen LogP contribution in [-0.4, -0.2) is 26.0 Å². The molecule has 0 radical (unpaired) electrons. The molecule has 0 unspecified atom stereocenters. The summed E-state index contributed by atoms with van der Waals surface area (Å²) in [5, 5.41) is 8.78. The first-order chi connectivity index (χ1) is 8.33. The summed E-state index contributed by atoms with van der Waals surface area (Å²) in [6.07, 6.45) is 0.108. The Kier molecular flexibility index (Phi) is 5.40. The fraction of sp³-hybridized carbons (Fsp3) is 0.300. The predicted molar refractivity (Wildman–Crippen MR) is 68.5 cm³/mol. The third kappa shape index (κ3) is 4.45. The van der Waals surface area contributed by atoms with E-state index in [1.165, 1.54) is 18.2 Å². The second kappa shape index (κ2) is 6.38. The van der Waals surface area contributed by atoms with E-state index in [0.717, 1.165) is 0 Å². The van der Waals surface area contributed by atoms with Crippen LogP contribution in [0, 0.1) is 0 Å². The van der Waals surface area contributed by atoms with E-state index in [-0.39, 0.29) is 29.3 Å². The van der Waals surface area contributed by atoms with Gasteiger partial charge in [0.15, 0.2) is 0 Å². The highest BCUT2D eigenvalue weighted by Gasteiger charge is 2.17. The number of halogens is 2. The van der Waals surface area contributed by atoms with Gasteiger partial charge in [0.2, 0.25) is 10.0 Å². The van der Waals surface area contributed by atoms with E-state index in [9.17, 15) is 13.2 Å². The molecule has 0 saturated heterocycles. The second-order valence-corrected chi connectivity index (χ2v) is 6.05. The third-order valence-corrected chi connectivity index (χ3v) is 4.22. The van der Waals surface area contributed by atoms with Crippen molar-refractivity contribution in [3.63, 3.8) is 0 Å². The summed E-state index contributed by atoms with van der Waals surface area (Å²) in [6.45, 7) is 0.0353. The van der Waals surface area contributed by atoms with E-state index >= 15 is 0 Å². The van der Waals surface area contributed by atoms with Crippen molar-refractivity contribution in [2.45, 2.75) is 17.7 Å². The zero-order valence-corrected chi connectivity index (χ0v) is 11.5. The maximum absolute atomic E-state index is 11.8. The van der Waals surface area contributed by atoms with Gasteiger partial charge >= 0.3 is 5.97 Å². The fourth-order valence-electron chi connectivity index (χ4n) is 1.22. The highest BCUT2D eigenvalue weighted by atomic mass is 35.5. The zero-order valence-electron chi connectivity index (χ0n) is 9.19. The highest BCUT2D eigenvalue weighted by Crippen LogP contribution is 2.24. The van der Waals surface area contributed by atoms with E-state index in [1.54, 1.807) is 0 Å². The summed E-state index contributed by atoms with van der Waals surface area (Å²) >= 11 is 11.4. The molecular formula is C10H11Cl2NO4S. The molecule has 0 aliphatic rings. The lowest BCUT2D eigenvalue weighted by atomic mass is 10.3. The van der Waals surface area contributed by atoms with Gasteiger partial charge in [-0.25, -0.2) is 13.1 Å². The minimum Gasteiger partial charge on any atom is -0.481 e. The number of benzene rings is 1. The Morgan fingerprint density at radius 3 is 2.56 bits per heavy atom. The minimum atomic E-state index is -3.74. The molecule has 0 aliphatic heterocycles. The number of nitrogens with one attached hydrogen (secondary N) is 1. The van der Waals surface area contributed by atoms with E-state index in [0.29, 0.717) is 5.02 Å². The van der Waals surface area contributed by atoms with Crippen LogP contribution in [0.15, 0.2) is 23.1 Å². The van der Waals surface area contributed by atoms with Crippen LogP contribution >= 0.6 is 23.2 Å². The van der Waals surface area contributed by atoms with Crippen LogP contribution in [0.3, 0.4) is 0 Å². The van der Waals surface area contributed by atoms with Gasteiger partial charge < -0.3 is 5.11 Å². The summed E-state index contributed by atoms with van der Waals surface area (Å²) in [7, 11) is -3.74. The molecule has 0 aromatic heterocycles. The standard InChI is InChI=1S/C10H11Cl2NO4S/c11-7-3-4-9(8(12)6-7)18(16,17)13-5-1-2-10(14)15/h3-4,6,13H,1-2,5H2,(H,14,15). The summed E-state index contributed by atoms with van der Waals surface area (Å²) < 4.78 is 25.9. The van der Waals surface area contributed by atoms with Gasteiger partial charge in [-0.05, 0) is 24.6 Å². The molecule has 8 heteroatoms. The predicted octanol–water partition coefficient (Wildman–Crippen LogP) is 2.14. The molecular weight excluding hydrogens is 301 g/mol. The Morgan fingerprint density at radius 1 is 1.33 bits per heavy atom. The maximum atomic E-state index is 11.8. The molecule has 1 aromatic carbocycles. The fourth-order valence-corrected chi connectivity index (χ4v) is 3.06. The summed E-state index contributed by atoms with van der Waals surface area (Å²) in [5.74, 6) is -0.973. The first-order valence-electron chi connectivity index (χ1n) is 4.99. The van der Waals surface area contributed by atoms with Crippen LogP contribution in [0.2, 0.25) is 10.0 Å². The van der Waals surface area contributed by atoms with Gasteiger partial charge in [-0.15, -0.1) is 0 Å². The molecule has 100 valence electrons. The van der Waals surface area contributed by atoms with E-state index in [1.807, 2.05) is 0 Å². The first-order valence-corrected chi connectivity index (χ1v) is 7.23. The van der Waals surface area contributed by atoms with Crippen LogP contribution in [0.4, 0.5) is 0 Å². The van der Waals surface area contributed by atoms with Gasteiger partial charge in [-0.2, -0.15) is 0 Å². The van der Waals surface area contributed by atoms with Gasteiger partial charge in [-0.1, -0.05) is 23.2 Å². The number of carboxylic acids is 1. The number of aliphatic carboxylic acids is 1. The molecule has 0 atom stereocenters. The van der Waals surface area contributed by atoms with Crippen LogP contribution < -0.4 is 4.72 Å². The summed E-state index contributed by atoms with van der Waals surface area (Å²) in [6, 6.07) is 4.04. The van der Waals surface area contributed by atoms with Crippen molar-refractivity contribution in [1.29, 1.82) is 0 Å². The van der Waals surface area contributed by atoms with Crippen molar-refractivity contribution in [2.24, 2.45) is 0 Å². The lowest BCUT2D eigenvalue weighted by Gasteiger charge is -2.07. The molecule has 0 heterocycles. The number of rotatable bonds is 6. The van der Waals surface area contributed by atoms with Crippen molar-refractivity contribution in [2.75, 3.05) is 6.54 Å². The molecule has 0 spiro atoms. The van der Waals surface area contributed by atoms with Gasteiger partial charge in [0.25, 0.3) is 0 Å². The first kappa shape index (κ1) is 15.2. The topological polar surface area (TPSA) is 83.5 Å². The smallest absolute Gasteiger partial charge is 0.303 e. The van der Waals surface area contributed by atoms with Gasteiger partial charge in [-0.3, -0.25) is 4.79 Å². The molecule has 0 fully saturated rings. The van der Waals surface area contributed by atoms with Gasteiger partial charge in [0.05, 0.1) is 5.02 Å². The SMILES string of the molecule is O=C(O)CCCNS(=O)(=O)c1ccc(Cl)cc1Cl. The lowest BCUT2D eigenvalue weighted by Crippen LogP contribution is -2.25. The molecule has 18 heavy (non-hydrogen) atoms. The van der Waals surface area contributed by atoms with Crippen molar-refractivity contribution in [3.05, 3.63) is 28.2 Å². The zero-order chi connectivity index (χ0) is 13.8. The second-order valence-electron chi connectivity index (χ2n) is 3.47. The van der Waals surface area contributed by atoms with E-state index < -0.39 is 16.0 Å². The highest BCUT2D eigenvalue weighted by molar-refractivity contribution is 7.89. The molecule has 0 saturated carbocycles. The quantitative estimate of drug-likeness (QED) is 0.788. The molecule has 2 N–H and O–H groups in total. The van der Waals surface area contributed by atoms with Crippen LogP contribution in [0.25, 0.3) is 0 Å². The van der Waals surface area contributed by atoms with Crippen molar-refractivity contribution < 1.29 is 18.3 Å². The number of hydrogen-bond acceptors (Lipinski definition) is 3. The number of sulfonamides is 1. The third-order valence-electron chi connectivity index (χ3n) is 2.04. The molecule has 1 rings (SSSR count). The monoisotopic (exact) mass is 311 g/mol. The minimum absolute atomic E-state index is 0.0215. The average molecular weight is 312 g/mol. The van der Waals surface area contributed by atoms with Crippen LogP contribution in [-0.2, 0) is 14.8 Å². The van der Waals surface area contributed by atoms with E-state index in [4.69, 9.17) is 28.3 Å². The number of carbonyl (C=O) groups is 1. The normalized spacial score (nSPS) is 11.4. The maximum Gasteiger partial charge on any atom is 0.303 e. The molecule has 5 nitrogen and oxygen atoms in total. The Bertz CT molecular complexity index is 545. The van der Waals surface area contributed by atoms with Crippen molar-refractivity contribution in [3.8, 4) is 0 Å².